The van der Waals surface area contributed by atoms with Crippen LogP contribution in [0.2, 0.25) is 5.02 Å². The maximum absolute atomic E-state index is 12.7. The topological polar surface area (TPSA) is 46.2 Å². The number of benzene rings is 2. The second-order valence-corrected chi connectivity index (χ2v) is 8.07. The zero-order valence-electron chi connectivity index (χ0n) is 12.0. The van der Waals surface area contributed by atoms with Crippen molar-refractivity contribution in [1.82, 2.24) is 4.72 Å². The molecule has 0 radical (unpaired) electrons. The van der Waals surface area contributed by atoms with Gasteiger partial charge in [-0.1, -0.05) is 54.1 Å². The van der Waals surface area contributed by atoms with E-state index >= 15 is 0 Å². The Labute approximate surface area is 144 Å². The fraction of sp³-hybridized carbons (Fsp3) is 0.0588. The summed E-state index contributed by atoms with van der Waals surface area (Å²) in [6.45, 7) is 0. The van der Waals surface area contributed by atoms with E-state index in [-0.39, 0.29) is 4.90 Å². The lowest BCUT2D eigenvalue weighted by Crippen LogP contribution is -2.29. The predicted octanol–water partition coefficient (Wildman–Crippen LogP) is 4.47. The Balaban J connectivity index is 1.99. The molecule has 0 spiro atoms. The SMILES string of the molecule is O=S(=O)(N[C@@H](c1ccccc1)c1cccs1)c1cccc(Cl)c1. The Kier molecular flexibility index (Phi) is 4.82. The molecule has 1 heterocycles. The summed E-state index contributed by atoms with van der Waals surface area (Å²) in [4.78, 5) is 1.09. The van der Waals surface area contributed by atoms with Crippen LogP contribution in [0.25, 0.3) is 0 Å². The minimum absolute atomic E-state index is 0.155. The summed E-state index contributed by atoms with van der Waals surface area (Å²) < 4.78 is 28.2. The first-order valence-corrected chi connectivity index (χ1v) is 9.66. The lowest BCUT2D eigenvalue weighted by atomic mass is 10.1. The molecule has 0 unspecified atom stereocenters. The maximum Gasteiger partial charge on any atom is 0.241 e. The van der Waals surface area contributed by atoms with Crippen molar-refractivity contribution < 1.29 is 8.42 Å². The van der Waals surface area contributed by atoms with E-state index in [0.717, 1.165) is 10.4 Å². The van der Waals surface area contributed by atoms with Crippen LogP contribution in [0.5, 0.6) is 0 Å². The van der Waals surface area contributed by atoms with E-state index in [0.29, 0.717) is 5.02 Å². The summed E-state index contributed by atoms with van der Waals surface area (Å²) in [7, 11) is -3.68. The molecule has 1 aromatic heterocycles. The van der Waals surface area contributed by atoms with Crippen molar-refractivity contribution >= 4 is 33.0 Å². The van der Waals surface area contributed by atoms with Gasteiger partial charge in [-0.3, -0.25) is 0 Å². The van der Waals surface area contributed by atoms with E-state index < -0.39 is 16.1 Å². The van der Waals surface area contributed by atoms with E-state index in [1.165, 1.54) is 23.5 Å². The van der Waals surface area contributed by atoms with Gasteiger partial charge in [0, 0.05) is 9.90 Å². The first-order valence-electron chi connectivity index (χ1n) is 6.92. The van der Waals surface area contributed by atoms with Gasteiger partial charge in [-0.15, -0.1) is 11.3 Å². The largest absolute Gasteiger partial charge is 0.241 e. The van der Waals surface area contributed by atoms with Crippen molar-refractivity contribution in [2.75, 3.05) is 0 Å². The van der Waals surface area contributed by atoms with Gasteiger partial charge in [0.15, 0.2) is 0 Å². The molecule has 0 amide bonds. The molecule has 0 saturated carbocycles. The fourth-order valence-corrected chi connectivity index (χ4v) is 4.63. The normalized spacial score (nSPS) is 12.9. The summed E-state index contributed by atoms with van der Waals surface area (Å²) in [6.07, 6.45) is 0. The molecule has 0 aliphatic heterocycles. The van der Waals surface area contributed by atoms with Crippen LogP contribution >= 0.6 is 22.9 Å². The lowest BCUT2D eigenvalue weighted by molar-refractivity contribution is 0.573. The molecule has 1 N–H and O–H groups in total. The molecule has 2 aromatic carbocycles. The molecular weight excluding hydrogens is 350 g/mol. The minimum Gasteiger partial charge on any atom is -0.207 e. The quantitative estimate of drug-likeness (QED) is 0.727. The van der Waals surface area contributed by atoms with Crippen LogP contribution in [-0.4, -0.2) is 8.42 Å². The van der Waals surface area contributed by atoms with Gasteiger partial charge in [0.25, 0.3) is 0 Å². The Hall–Kier alpha value is -1.66. The van der Waals surface area contributed by atoms with Crippen molar-refractivity contribution in [2.24, 2.45) is 0 Å². The molecule has 0 saturated heterocycles. The molecule has 118 valence electrons. The summed E-state index contributed by atoms with van der Waals surface area (Å²) >= 11 is 7.43. The number of sulfonamides is 1. The molecular formula is C17H14ClNO2S2. The average Bonchev–Trinajstić information content (AvgIpc) is 3.08. The van der Waals surface area contributed by atoms with Gasteiger partial charge in [-0.05, 0) is 35.2 Å². The first-order chi connectivity index (χ1) is 11.1. The number of rotatable bonds is 5. The second-order valence-electron chi connectivity index (χ2n) is 4.94. The van der Waals surface area contributed by atoms with Gasteiger partial charge in [0.2, 0.25) is 10.0 Å². The zero-order valence-corrected chi connectivity index (χ0v) is 14.4. The van der Waals surface area contributed by atoms with Crippen LogP contribution < -0.4 is 4.72 Å². The summed E-state index contributed by atoms with van der Waals surface area (Å²) in [5, 5.41) is 2.32. The third-order valence-electron chi connectivity index (χ3n) is 3.34. The third-order valence-corrected chi connectivity index (χ3v) is 5.93. The molecule has 0 aliphatic carbocycles. The molecule has 6 heteroatoms. The predicted molar refractivity (Wildman–Crippen MR) is 94.4 cm³/mol. The molecule has 23 heavy (non-hydrogen) atoms. The highest BCUT2D eigenvalue weighted by molar-refractivity contribution is 7.89. The van der Waals surface area contributed by atoms with Crippen molar-refractivity contribution in [3.8, 4) is 0 Å². The lowest BCUT2D eigenvalue weighted by Gasteiger charge is -2.18. The highest BCUT2D eigenvalue weighted by atomic mass is 35.5. The van der Waals surface area contributed by atoms with Gasteiger partial charge in [-0.2, -0.15) is 4.72 Å². The fourth-order valence-electron chi connectivity index (χ4n) is 2.25. The van der Waals surface area contributed by atoms with Gasteiger partial charge in [-0.25, -0.2) is 8.42 Å². The molecule has 0 bridgehead atoms. The van der Waals surface area contributed by atoms with Crippen LogP contribution in [-0.2, 0) is 10.0 Å². The molecule has 3 aromatic rings. The molecule has 1 atom stereocenters. The summed E-state index contributed by atoms with van der Waals surface area (Å²) in [5.41, 5.74) is 0.889. The van der Waals surface area contributed by atoms with Gasteiger partial charge < -0.3 is 0 Å². The Bertz CT molecular complexity index is 878. The summed E-state index contributed by atoms with van der Waals surface area (Å²) in [5.74, 6) is 0. The van der Waals surface area contributed by atoms with Crippen molar-refractivity contribution in [3.05, 3.63) is 87.6 Å². The van der Waals surface area contributed by atoms with Crippen LogP contribution in [0, 0.1) is 0 Å². The monoisotopic (exact) mass is 363 g/mol. The number of hydrogen-bond donors (Lipinski definition) is 1. The van der Waals surface area contributed by atoms with E-state index in [2.05, 4.69) is 4.72 Å². The number of thiophene rings is 1. The average molecular weight is 364 g/mol. The van der Waals surface area contributed by atoms with Crippen LogP contribution in [0.4, 0.5) is 0 Å². The van der Waals surface area contributed by atoms with Crippen LogP contribution in [0.1, 0.15) is 16.5 Å². The number of hydrogen-bond acceptors (Lipinski definition) is 3. The maximum atomic E-state index is 12.7. The standard InChI is InChI=1S/C17H14ClNO2S2/c18-14-8-4-9-15(12-14)23(20,21)19-17(16-10-5-11-22-16)13-6-2-1-3-7-13/h1-12,17,19H/t17-/m0/s1. The number of halogens is 1. The van der Waals surface area contributed by atoms with Crippen molar-refractivity contribution in [1.29, 1.82) is 0 Å². The minimum atomic E-state index is -3.68. The van der Waals surface area contributed by atoms with E-state index in [9.17, 15) is 8.42 Å². The highest BCUT2D eigenvalue weighted by Gasteiger charge is 2.23. The molecule has 0 aliphatic rings. The van der Waals surface area contributed by atoms with Crippen LogP contribution in [0.3, 0.4) is 0 Å². The Morgan fingerprint density at radius 2 is 1.74 bits per heavy atom. The highest BCUT2D eigenvalue weighted by Crippen LogP contribution is 2.28. The third kappa shape index (κ3) is 3.82. The van der Waals surface area contributed by atoms with Crippen molar-refractivity contribution in [3.63, 3.8) is 0 Å². The second kappa shape index (κ2) is 6.84. The zero-order chi connectivity index (χ0) is 16.3. The van der Waals surface area contributed by atoms with Crippen molar-refractivity contribution in [2.45, 2.75) is 10.9 Å². The van der Waals surface area contributed by atoms with Gasteiger partial charge in [0.1, 0.15) is 0 Å². The van der Waals surface area contributed by atoms with E-state index in [4.69, 9.17) is 11.6 Å². The van der Waals surface area contributed by atoms with Gasteiger partial charge >= 0.3 is 0 Å². The summed E-state index contributed by atoms with van der Waals surface area (Å²) in [6, 6.07) is 19.1. The Morgan fingerprint density at radius 1 is 0.957 bits per heavy atom. The van der Waals surface area contributed by atoms with E-state index in [1.807, 2.05) is 47.8 Å². The number of nitrogens with one attached hydrogen (secondary N) is 1. The van der Waals surface area contributed by atoms with Crippen LogP contribution in [0.15, 0.2) is 77.0 Å². The van der Waals surface area contributed by atoms with E-state index in [1.54, 1.807) is 12.1 Å². The smallest absolute Gasteiger partial charge is 0.207 e. The Morgan fingerprint density at radius 3 is 2.39 bits per heavy atom. The van der Waals surface area contributed by atoms with Gasteiger partial charge in [0.05, 0.1) is 10.9 Å². The molecule has 0 fully saturated rings. The molecule has 3 nitrogen and oxygen atoms in total. The first kappa shape index (κ1) is 16.2. The molecule has 3 rings (SSSR count).